The molecular formula is C8H18N2O4S. The van der Waals surface area contributed by atoms with E-state index in [2.05, 4.69) is 0 Å². The zero-order valence-corrected chi connectivity index (χ0v) is 9.87. The lowest BCUT2D eigenvalue weighted by Gasteiger charge is -2.23. The van der Waals surface area contributed by atoms with Gasteiger partial charge >= 0.3 is 0 Å². The highest BCUT2D eigenvalue weighted by Crippen LogP contribution is 2.30. The summed E-state index contributed by atoms with van der Waals surface area (Å²) >= 11 is 0. The molecular weight excluding hydrogens is 220 g/mol. The van der Waals surface area contributed by atoms with Crippen LogP contribution in [0.15, 0.2) is 0 Å². The van der Waals surface area contributed by atoms with Gasteiger partial charge in [0, 0.05) is 20.8 Å². The smallest absolute Gasteiger partial charge is 0.277 e. The van der Waals surface area contributed by atoms with Gasteiger partial charge in [0.25, 0.3) is 10.2 Å². The van der Waals surface area contributed by atoms with Crippen molar-refractivity contribution in [3.05, 3.63) is 0 Å². The van der Waals surface area contributed by atoms with Crippen LogP contribution in [0.5, 0.6) is 0 Å². The summed E-state index contributed by atoms with van der Waals surface area (Å²) in [4.78, 5) is 0. The number of methoxy groups -OCH3 is 2. The molecule has 0 aromatic carbocycles. The van der Waals surface area contributed by atoms with Gasteiger partial charge in [0.05, 0.1) is 6.54 Å². The number of hydrogen-bond donors (Lipinski definition) is 1. The fraction of sp³-hybridized carbons (Fsp3) is 1.00. The third kappa shape index (κ3) is 4.43. The van der Waals surface area contributed by atoms with E-state index in [9.17, 15) is 8.42 Å². The Bertz CT molecular complexity index is 285. The lowest BCUT2D eigenvalue weighted by molar-refractivity contribution is -0.108. The van der Waals surface area contributed by atoms with Gasteiger partial charge in [-0.15, -0.1) is 0 Å². The molecule has 0 amide bonds. The Hall–Kier alpha value is -0.210. The van der Waals surface area contributed by atoms with Crippen molar-refractivity contribution in [2.24, 2.45) is 11.1 Å². The van der Waals surface area contributed by atoms with Crippen LogP contribution in [0.25, 0.3) is 0 Å². The van der Waals surface area contributed by atoms with Gasteiger partial charge in [-0.3, -0.25) is 0 Å². The molecule has 0 spiro atoms. The second kappa shape index (κ2) is 5.22. The maximum absolute atomic E-state index is 11.3. The van der Waals surface area contributed by atoms with Gasteiger partial charge in [0.15, 0.2) is 6.29 Å². The van der Waals surface area contributed by atoms with E-state index in [1.165, 1.54) is 18.5 Å². The van der Waals surface area contributed by atoms with Gasteiger partial charge < -0.3 is 9.47 Å². The van der Waals surface area contributed by atoms with Gasteiger partial charge in [-0.05, 0) is 18.8 Å². The molecule has 2 N–H and O–H groups in total. The van der Waals surface area contributed by atoms with Crippen molar-refractivity contribution >= 4 is 10.2 Å². The fourth-order valence-corrected chi connectivity index (χ4v) is 2.03. The van der Waals surface area contributed by atoms with Gasteiger partial charge in [-0.25, -0.2) is 5.14 Å². The number of hydrogen-bond acceptors (Lipinski definition) is 4. The molecule has 1 saturated carbocycles. The lowest BCUT2D eigenvalue weighted by Crippen LogP contribution is -2.43. The summed E-state index contributed by atoms with van der Waals surface area (Å²) in [5.41, 5.74) is 0. The van der Waals surface area contributed by atoms with E-state index in [0.29, 0.717) is 12.5 Å². The highest BCUT2D eigenvalue weighted by atomic mass is 32.2. The Kier molecular flexibility index (Phi) is 4.47. The average molecular weight is 238 g/mol. The molecule has 0 unspecified atom stereocenters. The third-order valence-corrected chi connectivity index (χ3v) is 3.42. The molecule has 90 valence electrons. The second-order valence-electron chi connectivity index (χ2n) is 3.71. The fourth-order valence-electron chi connectivity index (χ4n) is 1.28. The van der Waals surface area contributed by atoms with Crippen LogP contribution in [-0.4, -0.2) is 46.3 Å². The molecule has 7 heteroatoms. The van der Waals surface area contributed by atoms with Crippen molar-refractivity contribution in [2.75, 3.05) is 27.3 Å². The summed E-state index contributed by atoms with van der Waals surface area (Å²) in [7, 11) is -0.732. The van der Waals surface area contributed by atoms with Crippen molar-refractivity contribution in [1.82, 2.24) is 4.31 Å². The summed E-state index contributed by atoms with van der Waals surface area (Å²) in [6.45, 7) is 0.602. The molecule has 0 aliphatic heterocycles. The highest BCUT2D eigenvalue weighted by Gasteiger charge is 2.30. The van der Waals surface area contributed by atoms with Crippen molar-refractivity contribution in [3.8, 4) is 0 Å². The van der Waals surface area contributed by atoms with Crippen molar-refractivity contribution < 1.29 is 17.9 Å². The Morgan fingerprint density at radius 1 is 1.40 bits per heavy atom. The molecule has 0 saturated heterocycles. The van der Waals surface area contributed by atoms with E-state index in [1.807, 2.05) is 0 Å². The second-order valence-corrected chi connectivity index (χ2v) is 5.25. The Labute approximate surface area is 90.5 Å². The van der Waals surface area contributed by atoms with Crippen LogP contribution in [-0.2, 0) is 19.7 Å². The van der Waals surface area contributed by atoms with E-state index in [0.717, 1.165) is 12.8 Å². The quantitative estimate of drug-likeness (QED) is 0.607. The van der Waals surface area contributed by atoms with Gasteiger partial charge in [0.2, 0.25) is 0 Å². The first-order chi connectivity index (χ1) is 6.97. The molecule has 0 atom stereocenters. The molecule has 0 bridgehead atoms. The zero-order valence-electron chi connectivity index (χ0n) is 9.05. The molecule has 1 fully saturated rings. The minimum absolute atomic E-state index is 0.141. The SMILES string of the molecule is COC(CN(CC1CC1)S(N)(=O)=O)OC. The minimum atomic E-state index is -3.66. The maximum atomic E-state index is 11.3. The van der Waals surface area contributed by atoms with Crippen LogP contribution >= 0.6 is 0 Å². The molecule has 1 rings (SSSR count). The summed E-state index contributed by atoms with van der Waals surface area (Å²) in [6.07, 6.45) is 1.56. The van der Waals surface area contributed by atoms with Crippen LogP contribution in [0.3, 0.4) is 0 Å². The molecule has 0 radical (unpaired) electrons. The molecule has 0 aromatic heterocycles. The summed E-state index contributed by atoms with van der Waals surface area (Å²) in [5.74, 6) is 0.442. The summed E-state index contributed by atoms with van der Waals surface area (Å²) in [5, 5.41) is 5.10. The van der Waals surface area contributed by atoms with E-state index in [4.69, 9.17) is 14.6 Å². The van der Waals surface area contributed by atoms with Gasteiger partial charge in [0.1, 0.15) is 0 Å². The number of rotatable bonds is 7. The minimum Gasteiger partial charge on any atom is -0.354 e. The molecule has 1 aliphatic carbocycles. The van der Waals surface area contributed by atoms with E-state index < -0.39 is 16.5 Å². The van der Waals surface area contributed by atoms with Crippen LogP contribution < -0.4 is 5.14 Å². The first-order valence-electron chi connectivity index (χ1n) is 4.80. The van der Waals surface area contributed by atoms with E-state index in [1.54, 1.807) is 0 Å². The topological polar surface area (TPSA) is 81.9 Å². The number of nitrogens with two attached hydrogens (primary N) is 1. The Morgan fingerprint density at radius 2 is 1.93 bits per heavy atom. The number of ether oxygens (including phenoxy) is 2. The third-order valence-electron chi connectivity index (χ3n) is 2.40. The van der Waals surface area contributed by atoms with Crippen LogP contribution in [0.1, 0.15) is 12.8 Å². The average Bonchev–Trinajstić information content (AvgIpc) is 2.94. The Balaban J connectivity index is 2.54. The molecule has 15 heavy (non-hydrogen) atoms. The van der Waals surface area contributed by atoms with Crippen LogP contribution in [0, 0.1) is 5.92 Å². The monoisotopic (exact) mass is 238 g/mol. The largest absolute Gasteiger partial charge is 0.354 e. The van der Waals surface area contributed by atoms with Crippen LogP contribution in [0.4, 0.5) is 0 Å². The lowest BCUT2D eigenvalue weighted by atomic mass is 10.4. The van der Waals surface area contributed by atoms with Gasteiger partial charge in [-0.1, -0.05) is 0 Å². The highest BCUT2D eigenvalue weighted by molar-refractivity contribution is 7.86. The first-order valence-corrected chi connectivity index (χ1v) is 6.31. The summed E-state index contributed by atoms with van der Waals surface area (Å²) < 4.78 is 33.6. The number of nitrogens with zero attached hydrogens (tertiary/aromatic N) is 1. The van der Waals surface area contributed by atoms with Crippen LogP contribution in [0.2, 0.25) is 0 Å². The predicted molar refractivity (Wildman–Crippen MR) is 55.2 cm³/mol. The summed E-state index contributed by atoms with van der Waals surface area (Å²) in [6, 6.07) is 0. The first kappa shape index (κ1) is 12.9. The molecule has 0 heterocycles. The normalized spacial score (nSPS) is 17.7. The predicted octanol–water partition coefficient (Wildman–Crippen LogP) is -0.479. The standard InChI is InChI=1S/C8H18N2O4S/c1-13-8(14-2)6-10(15(9,11)12)5-7-3-4-7/h7-8H,3-6H2,1-2H3,(H2,9,11,12). The zero-order chi connectivity index (χ0) is 11.5. The van der Waals surface area contributed by atoms with Crippen molar-refractivity contribution in [3.63, 3.8) is 0 Å². The molecule has 1 aliphatic rings. The van der Waals surface area contributed by atoms with Gasteiger partial charge in [-0.2, -0.15) is 12.7 Å². The van der Waals surface area contributed by atoms with Crippen molar-refractivity contribution in [2.45, 2.75) is 19.1 Å². The maximum Gasteiger partial charge on any atom is 0.277 e. The Morgan fingerprint density at radius 3 is 2.27 bits per heavy atom. The van der Waals surface area contributed by atoms with E-state index in [-0.39, 0.29) is 6.54 Å². The van der Waals surface area contributed by atoms with Crippen molar-refractivity contribution in [1.29, 1.82) is 0 Å². The molecule has 6 nitrogen and oxygen atoms in total. The van der Waals surface area contributed by atoms with E-state index >= 15 is 0 Å². The molecule has 0 aromatic rings.